The second kappa shape index (κ2) is 15.2. The average Bonchev–Trinajstić information content (AvgIpc) is 2.56. The van der Waals surface area contributed by atoms with Crippen LogP contribution in [-0.4, -0.2) is 77.1 Å². The zero-order valence-electron chi connectivity index (χ0n) is 15.8. The van der Waals surface area contributed by atoms with Gasteiger partial charge in [-0.1, -0.05) is 6.92 Å². The van der Waals surface area contributed by atoms with Crippen molar-refractivity contribution in [3.8, 4) is 0 Å². The minimum absolute atomic E-state index is 0. The molecule has 1 saturated heterocycles. The minimum Gasteiger partial charge on any atom is -0.382 e. The Labute approximate surface area is 165 Å². The lowest BCUT2D eigenvalue weighted by molar-refractivity contribution is 0.0698. The minimum atomic E-state index is 0. The van der Waals surface area contributed by atoms with E-state index >= 15 is 0 Å². The lowest BCUT2D eigenvalue weighted by atomic mass is 9.99. The van der Waals surface area contributed by atoms with Gasteiger partial charge in [0.05, 0.1) is 13.2 Å². The van der Waals surface area contributed by atoms with E-state index < -0.39 is 0 Å². The van der Waals surface area contributed by atoms with Crippen LogP contribution in [-0.2, 0) is 9.47 Å². The van der Waals surface area contributed by atoms with Crippen LogP contribution in [0.1, 0.15) is 33.1 Å². The van der Waals surface area contributed by atoms with Crippen LogP contribution in [0, 0.1) is 5.92 Å². The van der Waals surface area contributed by atoms with E-state index in [0.29, 0.717) is 19.3 Å². The molecule has 24 heavy (non-hydrogen) atoms. The molecule has 0 amide bonds. The predicted molar refractivity (Wildman–Crippen MR) is 112 cm³/mol. The van der Waals surface area contributed by atoms with Crippen molar-refractivity contribution in [2.45, 2.75) is 39.2 Å². The summed E-state index contributed by atoms with van der Waals surface area (Å²) in [5.41, 5.74) is 0. The fourth-order valence-corrected chi connectivity index (χ4v) is 2.85. The van der Waals surface area contributed by atoms with Gasteiger partial charge in [0.25, 0.3) is 0 Å². The topological polar surface area (TPSA) is 58.1 Å². The van der Waals surface area contributed by atoms with E-state index in [4.69, 9.17) is 9.47 Å². The molecule has 7 heteroatoms. The summed E-state index contributed by atoms with van der Waals surface area (Å²) in [6.07, 6.45) is 3.65. The molecule has 1 aliphatic heterocycles. The number of hydrogen-bond donors (Lipinski definition) is 2. The number of guanidine groups is 1. The first-order valence-electron chi connectivity index (χ1n) is 8.92. The lowest BCUT2D eigenvalue weighted by Crippen LogP contribution is -2.48. The second-order valence-electron chi connectivity index (χ2n) is 6.43. The Kier molecular flexibility index (Phi) is 15.1. The van der Waals surface area contributed by atoms with Crippen LogP contribution in [0.2, 0.25) is 0 Å². The van der Waals surface area contributed by atoms with Crippen molar-refractivity contribution < 1.29 is 9.47 Å². The molecular formula is C17H37IN4O2. The van der Waals surface area contributed by atoms with E-state index in [2.05, 4.69) is 34.4 Å². The Morgan fingerprint density at radius 1 is 1.29 bits per heavy atom. The van der Waals surface area contributed by atoms with E-state index in [9.17, 15) is 0 Å². The molecule has 6 nitrogen and oxygen atoms in total. The number of ether oxygens (including phenoxy) is 2. The molecule has 2 N–H and O–H groups in total. The Bertz CT molecular complexity index is 332. The molecule has 0 bridgehead atoms. The molecule has 0 aromatic carbocycles. The van der Waals surface area contributed by atoms with Gasteiger partial charge in [-0.05, 0) is 38.6 Å². The van der Waals surface area contributed by atoms with Gasteiger partial charge in [0.1, 0.15) is 0 Å². The van der Waals surface area contributed by atoms with Crippen LogP contribution < -0.4 is 10.6 Å². The van der Waals surface area contributed by atoms with Crippen molar-refractivity contribution in [3.05, 3.63) is 0 Å². The van der Waals surface area contributed by atoms with Crippen LogP contribution in [0.25, 0.3) is 0 Å². The van der Waals surface area contributed by atoms with Gasteiger partial charge < -0.3 is 20.1 Å². The van der Waals surface area contributed by atoms with Crippen molar-refractivity contribution in [1.29, 1.82) is 0 Å². The van der Waals surface area contributed by atoms with Gasteiger partial charge in [0.15, 0.2) is 5.96 Å². The number of likely N-dealkylation sites (tertiary alicyclic amines) is 1. The highest BCUT2D eigenvalue weighted by Gasteiger charge is 2.20. The number of rotatable bonds is 10. The summed E-state index contributed by atoms with van der Waals surface area (Å²) in [5, 5.41) is 6.77. The summed E-state index contributed by atoms with van der Waals surface area (Å²) in [6, 6.07) is 0.536. The van der Waals surface area contributed by atoms with Crippen LogP contribution >= 0.6 is 24.0 Å². The third-order valence-electron chi connectivity index (χ3n) is 4.29. The molecular weight excluding hydrogens is 419 g/mol. The fourth-order valence-electron chi connectivity index (χ4n) is 2.85. The van der Waals surface area contributed by atoms with Crippen LogP contribution in [0.5, 0.6) is 0 Å². The molecule has 1 aliphatic rings. The molecule has 0 saturated carbocycles. The van der Waals surface area contributed by atoms with Gasteiger partial charge in [-0.15, -0.1) is 24.0 Å². The summed E-state index contributed by atoms with van der Waals surface area (Å²) in [5.74, 6) is 1.69. The largest absolute Gasteiger partial charge is 0.382 e. The van der Waals surface area contributed by atoms with Crippen LogP contribution in [0.15, 0.2) is 4.99 Å². The summed E-state index contributed by atoms with van der Waals surface area (Å²) in [7, 11) is 3.50. The molecule has 1 rings (SSSR count). The third-order valence-corrected chi connectivity index (χ3v) is 4.29. The Morgan fingerprint density at radius 2 is 2.08 bits per heavy atom. The first-order chi connectivity index (χ1) is 11.2. The highest BCUT2D eigenvalue weighted by molar-refractivity contribution is 14.0. The summed E-state index contributed by atoms with van der Waals surface area (Å²) in [4.78, 5) is 6.86. The SMILES string of the molecule is CN=C(NCCCOCCOC)NCC(C)N1CCCC(C)C1.I. The Balaban J connectivity index is 0.00000529. The van der Waals surface area contributed by atoms with Gasteiger partial charge in [-0.3, -0.25) is 9.89 Å². The Morgan fingerprint density at radius 3 is 2.75 bits per heavy atom. The monoisotopic (exact) mass is 456 g/mol. The van der Waals surface area contributed by atoms with E-state index in [-0.39, 0.29) is 24.0 Å². The number of halogens is 1. The molecule has 1 fully saturated rings. The second-order valence-corrected chi connectivity index (χ2v) is 6.43. The average molecular weight is 456 g/mol. The molecule has 2 atom stereocenters. The number of hydrogen-bond acceptors (Lipinski definition) is 4. The normalized spacial score (nSPS) is 20.3. The number of piperidine rings is 1. The number of nitrogens with one attached hydrogen (secondary N) is 2. The third kappa shape index (κ3) is 10.7. The van der Waals surface area contributed by atoms with Crippen LogP contribution in [0.3, 0.4) is 0 Å². The zero-order chi connectivity index (χ0) is 16.9. The van der Waals surface area contributed by atoms with Crippen LogP contribution in [0.4, 0.5) is 0 Å². The standard InChI is InChI=1S/C17H36N4O2.HI/c1-15-7-5-9-21(14-15)16(2)13-20-17(18-3)19-8-6-10-23-12-11-22-4;/h15-16H,5-14H2,1-4H3,(H2,18,19,20);1H. The zero-order valence-corrected chi connectivity index (χ0v) is 18.2. The first kappa shape index (κ1) is 23.9. The summed E-state index contributed by atoms with van der Waals surface area (Å²) < 4.78 is 10.4. The van der Waals surface area contributed by atoms with Crippen molar-refractivity contribution in [3.63, 3.8) is 0 Å². The smallest absolute Gasteiger partial charge is 0.191 e. The highest BCUT2D eigenvalue weighted by Crippen LogP contribution is 2.17. The maximum absolute atomic E-state index is 5.45. The molecule has 1 heterocycles. The van der Waals surface area contributed by atoms with E-state index in [1.54, 1.807) is 7.11 Å². The molecule has 0 spiro atoms. The van der Waals surface area contributed by atoms with Crippen molar-refractivity contribution in [1.82, 2.24) is 15.5 Å². The molecule has 0 radical (unpaired) electrons. The number of methoxy groups -OCH3 is 1. The van der Waals surface area contributed by atoms with Gasteiger partial charge in [0.2, 0.25) is 0 Å². The maximum atomic E-state index is 5.45. The highest BCUT2D eigenvalue weighted by atomic mass is 127. The van der Waals surface area contributed by atoms with Gasteiger partial charge in [-0.25, -0.2) is 0 Å². The summed E-state index contributed by atoms with van der Waals surface area (Å²) in [6.45, 7) is 10.9. The molecule has 0 aromatic heterocycles. The summed E-state index contributed by atoms with van der Waals surface area (Å²) >= 11 is 0. The van der Waals surface area contributed by atoms with Crippen molar-refractivity contribution in [2.75, 3.05) is 60.2 Å². The first-order valence-corrected chi connectivity index (χ1v) is 8.92. The van der Waals surface area contributed by atoms with E-state index in [0.717, 1.165) is 38.0 Å². The number of aliphatic imine (C=N–C) groups is 1. The molecule has 2 unspecified atom stereocenters. The van der Waals surface area contributed by atoms with Gasteiger partial charge >= 0.3 is 0 Å². The Hall–Kier alpha value is -0.120. The molecule has 144 valence electrons. The van der Waals surface area contributed by atoms with Crippen molar-refractivity contribution in [2.24, 2.45) is 10.9 Å². The lowest BCUT2D eigenvalue weighted by Gasteiger charge is -2.35. The van der Waals surface area contributed by atoms with E-state index in [1.807, 2.05) is 7.05 Å². The van der Waals surface area contributed by atoms with Gasteiger partial charge in [0, 0.05) is 46.4 Å². The van der Waals surface area contributed by atoms with Crippen molar-refractivity contribution >= 4 is 29.9 Å². The molecule has 0 aromatic rings. The van der Waals surface area contributed by atoms with Gasteiger partial charge in [-0.2, -0.15) is 0 Å². The van der Waals surface area contributed by atoms with E-state index in [1.165, 1.54) is 25.9 Å². The quantitative estimate of drug-likeness (QED) is 0.228. The predicted octanol–water partition coefficient (Wildman–Crippen LogP) is 1.94. The maximum Gasteiger partial charge on any atom is 0.191 e. The fraction of sp³-hybridized carbons (Fsp3) is 0.941. The molecule has 0 aliphatic carbocycles. The number of nitrogens with zero attached hydrogens (tertiary/aromatic N) is 2.